The van der Waals surface area contributed by atoms with E-state index in [2.05, 4.69) is 20.2 Å². The molecule has 2 bridgehead atoms. The van der Waals surface area contributed by atoms with Gasteiger partial charge in [-0.25, -0.2) is 4.98 Å². The number of aryl methyl sites for hydroxylation is 1. The molecule has 1 N–H and O–H groups in total. The zero-order chi connectivity index (χ0) is 18.4. The molecule has 0 aromatic carbocycles. The van der Waals surface area contributed by atoms with Crippen molar-refractivity contribution in [3.8, 4) is 0 Å². The van der Waals surface area contributed by atoms with E-state index in [0.29, 0.717) is 30.2 Å². The molecule has 6 heteroatoms. The highest BCUT2D eigenvalue weighted by Crippen LogP contribution is 2.55. The lowest BCUT2D eigenvalue weighted by molar-refractivity contribution is -0.00286. The van der Waals surface area contributed by atoms with Crippen molar-refractivity contribution < 1.29 is 9.53 Å². The quantitative estimate of drug-likeness (QED) is 0.881. The summed E-state index contributed by atoms with van der Waals surface area (Å²) in [5.74, 6) is 0.860. The summed E-state index contributed by atoms with van der Waals surface area (Å²) in [5, 5.41) is 3.11. The van der Waals surface area contributed by atoms with E-state index in [-0.39, 0.29) is 11.5 Å². The number of hydrogen-bond acceptors (Lipinski definition) is 5. The highest BCUT2D eigenvalue weighted by molar-refractivity contribution is 5.91. The van der Waals surface area contributed by atoms with Gasteiger partial charge >= 0.3 is 0 Å². The Hall–Kier alpha value is -1.53. The number of aromatic nitrogens is 2. The van der Waals surface area contributed by atoms with Gasteiger partial charge in [-0.1, -0.05) is 19.3 Å². The lowest BCUT2D eigenvalue weighted by Crippen LogP contribution is -2.42. The summed E-state index contributed by atoms with van der Waals surface area (Å²) in [5.41, 5.74) is 1.28. The highest BCUT2D eigenvalue weighted by Gasteiger charge is 2.63. The largest absolute Gasteiger partial charge is 0.370 e. The number of carbonyl (C=O) groups excluding carboxylic acids is 1. The number of hydrogen-bond donors (Lipinski definition) is 1. The Morgan fingerprint density at radius 2 is 2.11 bits per heavy atom. The van der Waals surface area contributed by atoms with Gasteiger partial charge in [0.15, 0.2) is 0 Å². The first-order valence-corrected chi connectivity index (χ1v) is 10.6. The lowest BCUT2D eigenvalue weighted by atomic mass is 9.73. The fourth-order valence-corrected chi connectivity index (χ4v) is 6.03. The van der Waals surface area contributed by atoms with Crippen LogP contribution in [-0.2, 0) is 4.74 Å². The SMILES string of the molecule is Cc1cnc(C(=O)NC[C@H]2[C@H]3CN(C4CCCCC4)C[C@]34CC[C@H]2O4)cn1. The van der Waals surface area contributed by atoms with Crippen LogP contribution in [0.15, 0.2) is 12.4 Å². The van der Waals surface area contributed by atoms with Gasteiger partial charge in [0, 0.05) is 43.7 Å². The molecule has 0 radical (unpaired) electrons. The molecule has 1 aromatic heterocycles. The van der Waals surface area contributed by atoms with Crippen LogP contribution < -0.4 is 5.32 Å². The second kappa shape index (κ2) is 6.82. The first-order valence-electron chi connectivity index (χ1n) is 10.6. The Bertz CT molecular complexity index is 703. The third-order valence-corrected chi connectivity index (χ3v) is 7.41. The number of carbonyl (C=O) groups is 1. The molecule has 1 spiro atoms. The summed E-state index contributed by atoms with van der Waals surface area (Å²) < 4.78 is 6.55. The minimum Gasteiger partial charge on any atom is -0.370 e. The van der Waals surface area contributed by atoms with Crippen LogP contribution in [-0.4, -0.2) is 58.2 Å². The van der Waals surface area contributed by atoms with Gasteiger partial charge in [0.2, 0.25) is 0 Å². The summed E-state index contributed by atoms with van der Waals surface area (Å²) in [7, 11) is 0. The Balaban J connectivity index is 1.24. The maximum Gasteiger partial charge on any atom is 0.271 e. The molecule has 6 nitrogen and oxygen atoms in total. The van der Waals surface area contributed by atoms with Crippen LogP contribution in [0.1, 0.15) is 61.1 Å². The monoisotopic (exact) mass is 370 g/mol. The fourth-order valence-electron chi connectivity index (χ4n) is 6.03. The zero-order valence-corrected chi connectivity index (χ0v) is 16.2. The van der Waals surface area contributed by atoms with E-state index >= 15 is 0 Å². The fraction of sp³-hybridized carbons (Fsp3) is 0.762. The molecule has 4 aliphatic rings. The number of nitrogens with zero attached hydrogens (tertiary/aromatic N) is 3. The first kappa shape index (κ1) is 17.6. The van der Waals surface area contributed by atoms with Crippen molar-refractivity contribution in [3.05, 3.63) is 23.8 Å². The van der Waals surface area contributed by atoms with Crippen molar-refractivity contribution in [3.63, 3.8) is 0 Å². The molecule has 1 saturated carbocycles. The van der Waals surface area contributed by atoms with Crippen molar-refractivity contribution in [2.45, 2.75) is 69.6 Å². The summed E-state index contributed by atoms with van der Waals surface area (Å²) in [6, 6.07) is 0.749. The molecule has 1 aliphatic carbocycles. The molecule has 1 amide bonds. The third-order valence-electron chi connectivity index (χ3n) is 7.41. The molecule has 3 saturated heterocycles. The Kier molecular flexibility index (Phi) is 4.43. The summed E-state index contributed by atoms with van der Waals surface area (Å²) in [6.45, 7) is 4.81. The summed E-state index contributed by atoms with van der Waals surface area (Å²) in [6.07, 6.45) is 12.7. The average Bonchev–Trinajstić information content (AvgIpc) is 3.36. The van der Waals surface area contributed by atoms with Gasteiger partial charge < -0.3 is 10.1 Å². The molecule has 27 heavy (non-hydrogen) atoms. The van der Waals surface area contributed by atoms with Crippen LogP contribution in [0.5, 0.6) is 0 Å². The number of rotatable bonds is 4. The van der Waals surface area contributed by atoms with Gasteiger partial charge in [0.05, 0.1) is 23.6 Å². The molecule has 4 atom stereocenters. The molecular formula is C21H30N4O2. The number of fused-ring (bicyclic) bond motifs is 1. The van der Waals surface area contributed by atoms with Crippen LogP contribution >= 0.6 is 0 Å². The van der Waals surface area contributed by atoms with E-state index in [1.807, 2.05) is 6.92 Å². The van der Waals surface area contributed by atoms with E-state index in [0.717, 1.165) is 31.2 Å². The average molecular weight is 370 g/mol. The Morgan fingerprint density at radius 1 is 1.26 bits per heavy atom. The van der Waals surface area contributed by atoms with Gasteiger partial charge in [-0.2, -0.15) is 0 Å². The van der Waals surface area contributed by atoms with Crippen molar-refractivity contribution in [1.82, 2.24) is 20.2 Å². The second-order valence-corrected chi connectivity index (χ2v) is 9.00. The third kappa shape index (κ3) is 3.07. The number of ether oxygens (including phenoxy) is 1. The van der Waals surface area contributed by atoms with E-state index in [1.54, 1.807) is 12.4 Å². The van der Waals surface area contributed by atoms with E-state index in [1.165, 1.54) is 38.5 Å². The molecule has 3 aliphatic heterocycles. The zero-order valence-electron chi connectivity index (χ0n) is 16.2. The molecular weight excluding hydrogens is 340 g/mol. The molecule has 5 rings (SSSR count). The van der Waals surface area contributed by atoms with Crippen molar-refractivity contribution in [2.24, 2.45) is 11.8 Å². The molecule has 4 fully saturated rings. The minimum atomic E-state index is -0.124. The second-order valence-electron chi connectivity index (χ2n) is 9.00. The predicted molar refractivity (Wildman–Crippen MR) is 101 cm³/mol. The Labute approximate surface area is 161 Å². The first-order chi connectivity index (χ1) is 13.1. The van der Waals surface area contributed by atoms with Gasteiger partial charge in [-0.05, 0) is 32.6 Å². The van der Waals surface area contributed by atoms with Crippen molar-refractivity contribution in [1.29, 1.82) is 0 Å². The summed E-state index contributed by atoms with van der Waals surface area (Å²) >= 11 is 0. The molecule has 4 heterocycles. The van der Waals surface area contributed by atoms with Crippen molar-refractivity contribution in [2.75, 3.05) is 19.6 Å². The van der Waals surface area contributed by atoms with E-state index in [9.17, 15) is 4.79 Å². The normalized spacial score (nSPS) is 36.1. The molecule has 1 aromatic rings. The topological polar surface area (TPSA) is 67.4 Å². The Morgan fingerprint density at radius 3 is 2.89 bits per heavy atom. The van der Waals surface area contributed by atoms with Crippen molar-refractivity contribution >= 4 is 5.91 Å². The number of nitrogens with one attached hydrogen (secondary N) is 1. The number of likely N-dealkylation sites (tertiary alicyclic amines) is 1. The van der Waals surface area contributed by atoms with Gasteiger partial charge in [-0.3, -0.25) is 14.7 Å². The van der Waals surface area contributed by atoms with Crippen LogP contribution in [0.2, 0.25) is 0 Å². The smallest absolute Gasteiger partial charge is 0.271 e. The highest BCUT2D eigenvalue weighted by atomic mass is 16.5. The standard InChI is InChI=1S/C21H30N4O2/c1-14-9-23-18(11-22-14)20(26)24-10-16-17-12-25(15-5-3-2-4-6-15)13-21(17)8-7-19(16)27-21/h9,11,15-17,19H,2-8,10,12-13H2,1H3,(H,24,26)/t16-,17+,19+,21+/m0/s1. The van der Waals surface area contributed by atoms with E-state index < -0.39 is 0 Å². The van der Waals surface area contributed by atoms with Gasteiger partial charge in [-0.15, -0.1) is 0 Å². The molecule has 146 valence electrons. The van der Waals surface area contributed by atoms with E-state index in [4.69, 9.17) is 4.74 Å². The van der Waals surface area contributed by atoms with Gasteiger partial charge in [0.1, 0.15) is 5.69 Å². The minimum absolute atomic E-state index is 0.0567. The maximum atomic E-state index is 12.5. The van der Waals surface area contributed by atoms with Crippen LogP contribution in [0, 0.1) is 18.8 Å². The maximum absolute atomic E-state index is 12.5. The van der Waals surface area contributed by atoms with Gasteiger partial charge in [0.25, 0.3) is 5.91 Å². The molecule has 0 unspecified atom stereocenters. The van der Waals surface area contributed by atoms with Crippen LogP contribution in [0.25, 0.3) is 0 Å². The predicted octanol–water partition coefficient (Wildman–Crippen LogP) is 2.33. The van der Waals surface area contributed by atoms with Crippen LogP contribution in [0.3, 0.4) is 0 Å². The summed E-state index contributed by atoms with van der Waals surface area (Å²) in [4.78, 5) is 23.5. The van der Waals surface area contributed by atoms with Crippen LogP contribution in [0.4, 0.5) is 0 Å². The number of amides is 1. The lowest BCUT2D eigenvalue weighted by Gasteiger charge is -2.32.